The van der Waals surface area contributed by atoms with Gasteiger partial charge in [-0.2, -0.15) is 16.9 Å². The average Bonchev–Trinajstić information content (AvgIpc) is 2.97. The maximum Gasteiger partial charge on any atom is 0.0851 e. The van der Waals surface area contributed by atoms with Gasteiger partial charge in [-0.05, 0) is 46.8 Å². The van der Waals surface area contributed by atoms with Crippen LogP contribution >= 0.6 is 39.0 Å². The molecule has 0 bridgehead atoms. The third kappa shape index (κ3) is 2.51. The summed E-state index contributed by atoms with van der Waals surface area (Å²) in [6.07, 6.45) is 3.08. The van der Waals surface area contributed by atoms with Crippen LogP contribution in [0, 0.1) is 0 Å². The van der Waals surface area contributed by atoms with Gasteiger partial charge in [0.25, 0.3) is 0 Å². The maximum absolute atomic E-state index is 4.32. The van der Waals surface area contributed by atoms with E-state index in [1.807, 2.05) is 48.1 Å². The molecule has 0 saturated carbocycles. The summed E-state index contributed by atoms with van der Waals surface area (Å²) >= 11 is 7.58. The van der Waals surface area contributed by atoms with Crippen molar-refractivity contribution >= 4 is 39.0 Å². The fourth-order valence-corrected chi connectivity index (χ4v) is 5.54. The van der Waals surface area contributed by atoms with Crippen molar-refractivity contribution in [1.82, 2.24) is 15.1 Å². The van der Waals surface area contributed by atoms with Crippen LogP contribution in [0.15, 0.2) is 16.7 Å². The van der Waals surface area contributed by atoms with Crippen molar-refractivity contribution in [2.45, 2.75) is 18.2 Å². The van der Waals surface area contributed by atoms with E-state index in [-0.39, 0.29) is 6.04 Å². The van der Waals surface area contributed by atoms with Crippen LogP contribution in [0.1, 0.15) is 27.1 Å². The van der Waals surface area contributed by atoms with Crippen LogP contribution in [-0.2, 0) is 19.2 Å². The Bertz CT molecular complexity index is 548. The van der Waals surface area contributed by atoms with Crippen LogP contribution in [0.5, 0.6) is 0 Å². The van der Waals surface area contributed by atoms with E-state index in [9.17, 15) is 0 Å². The predicted molar refractivity (Wildman–Crippen MR) is 86.0 cm³/mol. The monoisotopic (exact) mass is 357 g/mol. The van der Waals surface area contributed by atoms with Crippen LogP contribution in [0.3, 0.4) is 0 Å². The van der Waals surface area contributed by atoms with Crippen molar-refractivity contribution < 1.29 is 0 Å². The maximum atomic E-state index is 4.32. The molecule has 1 aliphatic heterocycles. The van der Waals surface area contributed by atoms with E-state index in [1.165, 1.54) is 28.3 Å². The molecule has 19 heavy (non-hydrogen) atoms. The van der Waals surface area contributed by atoms with Gasteiger partial charge in [0.2, 0.25) is 0 Å². The Hall–Kier alpha value is -0.300. The Morgan fingerprint density at radius 1 is 1.53 bits per heavy atom. The van der Waals surface area contributed by atoms with Gasteiger partial charge in [0.1, 0.15) is 0 Å². The van der Waals surface area contributed by atoms with Gasteiger partial charge in [-0.1, -0.05) is 0 Å². The van der Waals surface area contributed by atoms with Gasteiger partial charge in [-0.3, -0.25) is 4.68 Å². The zero-order chi connectivity index (χ0) is 13.4. The van der Waals surface area contributed by atoms with Crippen LogP contribution in [0.4, 0.5) is 0 Å². The summed E-state index contributed by atoms with van der Waals surface area (Å²) in [4.78, 5) is 2.95. The molecule has 0 aromatic carbocycles. The third-order valence-electron chi connectivity index (χ3n) is 3.43. The quantitative estimate of drug-likeness (QED) is 0.913. The summed E-state index contributed by atoms with van der Waals surface area (Å²) in [6, 6.07) is 2.58. The van der Waals surface area contributed by atoms with E-state index in [0.29, 0.717) is 0 Å². The number of thioether (sulfide) groups is 1. The van der Waals surface area contributed by atoms with Crippen molar-refractivity contribution in [2.24, 2.45) is 7.05 Å². The van der Waals surface area contributed by atoms with Gasteiger partial charge < -0.3 is 5.32 Å². The third-order valence-corrected chi connectivity index (χ3v) is 6.35. The van der Waals surface area contributed by atoms with Crippen LogP contribution in [0.25, 0.3) is 0 Å². The number of nitrogens with one attached hydrogen (secondary N) is 1. The van der Waals surface area contributed by atoms with Crippen molar-refractivity contribution in [3.63, 3.8) is 0 Å². The highest BCUT2D eigenvalue weighted by Gasteiger charge is 2.23. The number of halogens is 1. The minimum absolute atomic E-state index is 0.211. The second-order valence-electron chi connectivity index (χ2n) is 4.62. The standard InChI is InChI=1S/C13H16BrN3S2/c1-15-12(13-9(14)6-16-17(13)2)11-5-8-7-18-4-3-10(8)19-11/h5-6,12,15H,3-4,7H2,1-2H3. The molecule has 102 valence electrons. The molecular formula is C13H16BrN3S2. The lowest BCUT2D eigenvalue weighted by Gasteiger charge is -2.15. The number of nitrogens with zero attached hydrogens (tertiary/aromatic N) is 2. The number of thiophene rings is 1. The Morgan fingerprint density at radius 2 is 2.37 bits per heavy atom. The van der Waals surface area contributed by atoms with E-state index in [1.54, 1.807) is 4.88 Å². The molecule has 1 unspecified atom stereocenters. The molecule has 0 amide bonds. The lowest BCUT2D eigenvalue weighted by atomic mass is 10.1. The minimum atomic E-state index is 0.211. The molecule has 3 nitrogen and oxygen atoms in total. The molecule has 0 aliphatic carbocycles. The fourth-order valence-electron chi connectivity index (χ4n) is 2.47. The first-order chi connectivity index (χ1) is 9.20. The first-order valence-corrected chi connectivity index (χ1v) is 9.01. The molecule has 1 N–H and O–H groups in total. The summed E-state index contributed by atoms with van der Waals surface area (Å²) in [5.41, 5.74) is 2.71. The highest BCUT2D eigenvalue weighted by molar-refractivity contribution is 9.10. The first-order valence-electron chi connectivity index (χ1n) is 6.24. The van der Waals surface area contributed by atoms with E-state index in [4.69, 9.17) is 0 Å². The Labute approximate surface area is 129 Å². The Balaban J connectivity index is 2.01. The van der Waals surface area contributed by atoms with Crippen molar-refractivity contribution in [1.29, 1.82) is 0 Å². The average molecular weight is 358 g/mol. The number of hydrogen-bond acceptors (Lipinski definition) is 4. The number of aromatic nitrogens is 2. The van der Waals surface area contributed by atoms with Gasteiger partial charge in [0.05, 0.1) is 22.4 Å². The predicted octanol–water partition coefficient (Wildman–Crippen LogP) is 3.34. The summed E-state index contributed by atoms with van der Waals surface area (Å²) in [6.45, 7) is 0. The van der Waals surface area contributed by atoms with Gasteiger partial charge in [-0.25, -0.2) is 0 Å². The summed E-state index contributed by atoms with van der Waals surface area (Å²) in [5, 5.41) is 7.75. The largest absolute Gasteiger partial charge is 0.307 e. The fraction of sp³-hybridized carbons (Fsp3) is 0.462. The van der Waals surface area contributed by atoms with Gasteiger partial charge in [0, 0.05) is 22.6 Å². The van der Waals surface area contributed by atoms with Gasteiger partial charge >= 0.3 is 0 Å². The Kier molecular flexibility index (Phi) is 4.03. The number of rotatable bonds is 3. The molecule has 1 atom stereocenters. The topological polar surface area (TPSA) is 29.9 Å². The summed E-state index contributed by atoms with van der Waals surface area (Å²) in [7, 11) is 4.01. The van der Waals surface area contributed by atoms with Crippen LogP contribution in [-0.4, -0.2) is 22.6 Å². The molecule has 6 heteroatoms. The van der Waals surface area contributed by atoms with Crippen molar-refractivity contribution in [3.8, 4) is 0 Å². The first kappa shape index (κ1) is 13.7. The molecule has 3 heterocycles. The van der Waals surface area contributed by atoms with Gasteiger partial charge in [-0.15, -0.1) is 11.3 Å². The molecule has 2 aromatic rings. The lowest BCUT2D eigenvalue weighted by molar-refractivity contribution is 0.611. The zero-order valence-corrected chi connectivity index (χ0v) is 14.2. The van der Waals surface area contributed by atoms with Crippen molar-refractivity contribution in [3.05, 3.63) is 37.7 Å². The smallest absolute Gasteiger partial charge is 0.0851 e. The molecule has 1 aliphatic rings. The summed E-state index contributed by atoms with van der Waals surface area (Å²) < 4.78 is 3.01. The van der Waals surface area contributed by atoms with E-state index < -0.39 is 0 Å². The number of fused-ring (bicyclic) bond motifs is 1. The van der Waals surface area contributed by atoms with E-state index in [2.05, 4.69) is 32.4 Å². The summed E-state index contributed by atoms with van der Waals surface area (Å²) in [5.74, 6) is 2.42. The molecule has 0 radical (unpaired) electrons. The van der Waals surface area contributed by atoms with E-state index >= 15 is 0 Å². The van der Waals surface area contributed by atoms with Crippen LogP contribution < -0.4 is 5.32 Å². The molecular weight excluding hydrogens is 342 g/mol. The zero-order valence-electron chi connectivity index (χ0n) is 10.9. The van der Waals surface area contributed by atoms with Crippen LogP contribution in [0.2, 0.25) is 0 Å². The SMILES string of the molecule is CNC(c1cc2c(s1)CCSC2)c1c(Br)cnn1C. The molecule has 0 fully saturated rings. The number of hydrogen-bond donors (Lipinski definition) is 1. The minimum Gasteiger partial charge on any atom is -0.307 e. The van der Waals surface area contributed by atoms with Crippen molar-refractivity contribution in [2.75, 3.05) is 12.8 Å². The second-order valence-corrected chi connectivity index (χ2v) is 7.75. The molecule has 0 spiro atoms. The number of aryl methyl sites for hydroxylation is 2. The highest BCUT2D eigenvalue weighted by atomic mass is 79.9. The molecule has 3 rings (SSSR count). The normalized spacial score (nSPS) is 16.4. The molecule has 2 aromatic heterocycles. The highest BCUT2D eigenvalue weighted by Crippen LogP contribution is 2.37. The van der Waals surface area contributed by atoms with Gasteiger partial charge in [0.15, 0.2) is 0 Å². The lowest BCUT2D eigenvalue weighted by Crippen LogP contribution is -2.20. The molecule has 0 saturated heterocycles. The van der Waals surface area contributed by atoms with E-state index in [0.717, 1.165) is 10.2 Å². The Morgan fingerprint density at radius 3 is 3.00 bits per heavy atom. The second kappa shape index (κ2) is 5.60.